The van der Waals surface area contributed by atoms with Gasteiger partial charge in [0, 0.05) is 0 Å². The molecular formula is C12H19N3. The molecule has 1 aromatic rings. The molecule has 0 radical (unpaired) electrons. The number of aryl methyl sites for hydroxylation is 2. The number of nitrogens with two attached hydrogens (primary N) is 1. The minimum Gasteiger partial charge on any atom is -0.396 e. The van der Waals surface area contributed by atoms with Gasteiger partial charge in [-0.05, 0) is 32.1 Å². The van der Waals surface area contributed by atoms with Crippen molar-refractivity contribution in [2.45, 2.75) is 33.1 Å². The number of hydrogen-bond donors (Lipinski definition) is 1. The summed E-state index contributed by atoms with van der Waals surface area (Å²) in [6.07, 6.45) is 6.71. The minimum atomic E-state index is 0.564. The lowest BCUT2D eigenvalue weighted by atomic mass is 10.0. The zero-order chi connectivity index (χ0) is 11.3. The van der Waals surface area contributed by atoms with Gasteiger partial charge in [0.2, 0.25) is 0 Å². The van der Waals surface area contributed by atoms with E-state index in [-0.39, 0.29) is 0 Å². The van der Waals surface area contributed by atoms with Gasteiger partial charge in [0.15, 0.2) is 0 Å². The van der Waals surface area contributed by atoms with Crippen LogP contribution in [0, 0.1) is 12.8 Å². The van der Waals surface area contributed by atoms with Crippen molar-refractivity contribution in [3.05, 3.63) is 30.4 Å². The third-order valence-corrected chi connectivity index (χ3v) is 2.64. The van der Waals surface area contributed by atoms with Crippen LogP contribution in [-0.2, 0) is 6.42 Å². The summed E-state index contributed by atoms with van der Waals surface area (Å²) >= 11 is 0. The van der Waals surface area contributed by atoms with Crippen molar-refractivity contribution < 1.29 is 0 Å². The topological polar surface area (TPSA) is 51.8 Å². The molecule has 0 amide bonds. The van der Waals surface area contributed by atoms with Crippen LogP contribution in [-0.4, -0.2) is 9.97 Å². The van der Waals surface area contributed by atoms with Gasteiger partial charge in [-0.3, -0.25) is 0 Å². The van der Waals surface area contributed by atoms with Gasteiger partial charge in [-0.25, -0.2) is 9.97 Å². The first-order valence-electron chi connectivity index (χ1n) is 5.33. The largest absolute Gasteiger partial charge is 0.396 e. The van der Waals surface area contributed by atoms with Crippen LogP contribution in [0.25, 0.3) is 0 Å². The fraction of sp³-hybridized carbons (Fsp3) is 0.500. The molecule has 0 bridgehead atoms. The maximum absolute atomic E-state index is 5.89. The van der Waals surface area contributed by atoms with Crippen LogP contribution < -0.4 is 5.73 Å². The van der Waals surface area contributed by atoms with E-state index < -0.39 is 0 Å². The highest BCUT2D eigenvalue weighted by Crippen LogP contribution is 2.15. The van der Waals surface area contributed by atoms with Crippen LogP contribution in [0.2, 0.25) is 0 Å². The molecule has 0 spiro atoms. The first-order valence-corrected chi connectivity index (χ1v) is 5.33. The molecule has 1 rings (SSSR count). The van der Waals surface area contributed by atoms with Gasteiger partial charge >= 0.3 is 0 Å². The molecule has 0 aliphatic heterocycles. The summed E-state index contributed by atoms with van der Waals surface area (Å²) in [5.74, 6) is 0.564. The molecule has 15 heavy (non-hydrogen) atoms. The van der Waals surface area contributed by atoms with Gasteiger partial charge in [0.05, 0.1) is 17.1 Å². The molecule has 0 aliphatic carbocycles. The van der Waals surface area contributed by atoms with E-state index in [9.17, 15) is 0 Å². The Hall–Kier alpha value is -1.38. The molecular weight excluding hydrogens is 186 g/mol. The normalized spacial score (nSPS) is 12.4. The molecule has 0 fully saturated rings. The molecule has 1 atom stereocenters. The molecule has 3 nitrogen and oxygen atoms in total. The van der Waals surface area contributed by atoms with E-state index in [1.54, 1.807) is 6.33 Å². The minimum absolute atomic E-state index is 0.564. The molecule has 1 unspecified atom stereocenters. The summed E-state index contributed by atoms with van der Waals surface area (Å²) in [4.78, 5) is 8.25. The van der Waals surface area contributed by atoms with E-state index in [1.165, 1.54) is 0 Å². The molecule has 0 saturated heterocycles. The molecule has 2 N–H and O–H groups in total. The number of aromatic nitrogens is 2. The van der Waals surface area contributed by atoms with Crippen molar-refractivity contribution in [3.8, 4) is 0 Å². The van der Waals surface area contributed by atoms with E-state index in [0.717, 1.165) is 36.3 Å². The second-order valence-electron chi connectivity index (χ2n) is 3.92. The fourth-order valence-corrected chi connectivity index (χ4v) is 1.44. The molecule has 0 saturated carbocycles. The highest BCUT2D eigenvalue weighted by molar-refractivity contribution is 5.46. The Kier molecular flexibility index (Phi) is 4.28. The number of nitrogens with zero attached hydrogens (tertiary/aromatic N) is 2. The maximum Gasteiger partial charge on any atom is 0.116 e. The molecule has 0 aromatic carbocycles. The first kappa shape index (κ1) is 11.7. The standard InChI is InChI=1S/C12H19N3/c1-4-9(2)6-5-7-11-12(13)10(3)14-8-15-11/h4,8-9H,1,5-7,13H2,2-3H3. The van der Waals surface area contributed by atoms with Crippen molar-refractivity contribution in [1.82, 2.24) is 9.97 Å². The highest BCUT2D eigenvalue weighted by Gasteiger charge is 2.04. The van der Waals surface area contributed by atoms with E-state index >= 15 is 0 Å². The van der Waals surface area contributed by atoms with E-state index in [1.807, 2.05) is 13.0 Å². The van der Waals surface area contributed by atoms with Gasteiger partial charge in [0.1, 0.15) is 6.33 Å². The van der Waals surface area contributed by atoms with Crippen molar-refractivity contribution in [1.29, 1.82) is 0 Å². The van der Waals surface area contributed by atoms with Gasteiger partial charge in [-0.2, -0.15) is 0 Å². The maximum atomic E-state index is 5.89. The lowest BCUT2D eigenvalue weighted by molar-refractivity contribution is 0.603. The van der Waals surface area contributed by atoms with Crippen molar-refractivity contribution in [3.63, 3.8) is 0 Å². The van der Waals surface area contributed by atoms with Gasteiger partial charge < -0.3 is 5.73 Å². The van der Waals surface area contributed by atoms with Crippen LogP contribution in [0.4, 0.5) is 5.69 Å². The number of allylic oxidation sites excluding steroid dienone is 1. The van der Waals surface area contributed by atoms with Crippen molar-refractivity contribution in [2.75, 3.05) is 5.73 Å². The van der Waals surface area contributed by atoms with Crippen LogP contribution in [0.15, 0.2) is 19.0 Å². The third-order valence-electron chi connectivity index (χ3n) is 2.64. The summed E-state index contributed by atoms with van der Waals surface area (Å²) < 4.78 is 0. The zero-order valence-corrected chi connectivity index (χ0v) is 9.53. The van der Waals surface area contributed by atoms with Crippen molar-refractivity contribution >= 4 is 5.69 Å². The smallest absolute Gasteiger partial charge is 0.116 e. The number of anilines is 1. The Morgan fingerprint density at radius 2 is 2.27 bits per heavy atom. The Labute approximate surface area is 91.4 Å². The fourth-order valence-electron chi connectivity index (χ4n) is 1.44. The van der Waals surface area contributed by atoms with E-state index in [4.69, 9.17) is 5.73 Å². The van der Waals surface area contributed by atoms with E-state index in [0.29, 0.717) is 5.92 Å². The SMILES string of the molecule is C=CC(C)CCCc1ncnc(C)c1N. The third kappa shape index (κ3) is 3.35. The van der Waals surface area contributed by atoms with Crippen LogP contribution >= 0.6 is 0 Å². The summed E-state index contributed by atoms with van der Waals surface area (Å²) in [6, 6.07) is 0. The highest BCUT2D eigenvalue weighted by atomic mass is 14.9. The quantitative estimate of drug-likeness (QED) is 0.751. The molecule has 1 heterocycles. The first-order chi connectivity index (χ1) is 7.15. The molecule has 82 valence electrons. The van der Waals surface area contributed by atoms with Gasteiger partial charge in [0.25, 0.3) is 0 Å². The lowest BCUT2D eigenvalue weighted by Crippen LogP contribution is -2.03. The van der Waals surface area contributed by atoms with Crippen LogP contribution in [0.5, 0.6) is 0 Å². The van der Waals surface area contributed by atoms with Gasteiger partial charge in [-0.15, -0.1) is 6.58 Å². The van der Waals surface area contributed by atoms with Crippen LogP contribution in [0.1, 0.15) is 31.2 Å². The molecule has 1 aromatic heterocycles. The Bertz CT molecular complexity index is 334. The Morgan fingerprint density at radius 3 is 2.93 bits per heavy atom. The predicted octanol–water partition coefficient (Wildman–Crippen LogP) is 2.51. The number of nitrogen functional groups attached to an aromatic ring is 1. The average Bonchev–Trinajstić information content (AvgIpc) is 2.24. The summed E-state index contributed by atoms with van der Waals surface area (Å²) in [6.45, 7) is 7.85. The molecule has 0 aliphatic rings. The second-order valence-corrected chi connectivity index (χ2v) is 3.92. The van der Waals surface area contributed by atoms with Crippen LogP contribution in [0.3, 0.4) is 0 Å². The summed E-state index contributed by atoms with van der Waals surface area (Å²) in [5, 5.41) is 0. The summed E-state index contributed by atoms with van der Waals surface area (Å²) in [7, 11) is 0. The van der Waals surface area contributed by atoms with Gasteiger partial charge in [-0.1, -0.05) is 13.0 Å². The zero-order valence-electron chi connectivity index (χ0n) is 9.53. The summed E-state index contributed by atoms with van der Waals surface area (Å²) in [5.41, 5.74) is 8.47. The molecule has 3 heteroatoms. The van der Waals surface area contributed by atoms with Crippen molar-refractivity contribution in [2.24, 2.45) is 5.92 Å². The second kappa shape index (κ2) is 5.49. The lowest BCUT2D eigenvalue weighted by Gasteiger charge is -2.07. The predicted molar refractivity (Wildman–Crippen MR) is 63.5 cm³/mol. The van der Waals surface area contributed by atoms with E-state index in [2.05, 4.69) is 23.5 Å². The average molecular weight is 205 g/mol. The Balaban J connectivity index is 2.51. The monoisotopic (exact) mass is 205 g/mol. The number of rotatable bonds is 5. The Morgan fingerprint density at radius 1 is 1.53 bits per heavy atom. The number of hydrogen-bond acceptors (Lipinski definition) is 3.